The third-order valence-corrected chi connectivity index (χ3v) is 6.95. The Balaban J connectivity index is 1.67. The fourth-order valence-electron chi connectivity index (χ4n) is 4.96. The number of phenols is 1. The number of hydrogen-bond donors (Lipinski definition) is 2. The van der Waals surface area contributed by atoms with Gasteiger partial charge in [-0.05, 0) is 86.1 Å². The summed E-state index contributed by atoms with van der Waals surface area (Å²) >= 11 is 5.81. The number of benzene rings is 2. The van der Waals surface area contributed by atoms with Crippen molar-refractivity contribution in [2.45, 2.75) is 39.3 Å². The molecule has 4 aromatic rings. The molecule has 0 saturated carbocycles. The summed E-state index contributed by atoms with van der Waals surface area (Å²) in [4.78, 5) is 6.66. The van der Waals surface area contributed by atoms with Gasteiger partial charge in [0.05, 0.1) is 23.5 Å². The Labute approximate surface area is 205 Å². The molecule has 0 spiro atoms. The Kier molecular flexibility index (Phi) is 5.84. The van der Waals surface area contributed by atoms with Crippen LogP contribution in [0, 0.1) is 13.8 Å². The van der Waals surface area contributed by atoms with Crippen LogP contribution < -0.4 is 10.2 Å². The van der Waals surface area contributed by atoms with Gasteiger partial charge < -0.3 is 19.9 Å². The second-order valence-corrected chi connectivity index (χ2v) is 9.05. The number of hydrogen-bond acceptors (Lipinski definition) is 3. The van der Waals surface area contributed by atoms with Gasteiger partial charge in [0.2, 0.25) is 0 Å². The first-order valence-electron chi connectivity index (χ1n) is 11.6. The van der Waals surface area contributed by atoms with Crippen LogP contribution in [0.3, 0.4) is 0 Å². The normalized spacial score (nSPS) is 17.7. The van der Waals surface area contributed by atoms with E-state index in [0.717, 1.165) is 34.8 Å². The minimum atomic E-state index is -0.175. The molecule has 0 amide bonds. The molecule has 2 aromatic carbocycles. The Bertz CT molecular complexity index is 1330. The molecule has 34 heavy (non-hydrogen) atoms. The molecule has 5 rings (SSSR count). The lowest BCUT2D eigenvalue weighted by molar-refractivity contribution is 0.472. The molecule has 1 fully saturated rings. The van der Waals surface area contributed by atoms with Crippen molar-refractivity contribution < 1.29 is 5.11 Å². The summed E-state index contributed by atoms with van der Waals surface area (Å²) in [6, 6.07) is 23.9. The monoisotopic (exact) mass is 468 g/mol. The summed E-state index contributed by atoms with van der Waals surface area (Å²) in [6.45, 7) is 6.45. The maximum Gasteiger partial charge on any atom is 0.174 e. The molecule has 172 valence electrons. The summed E-state index contributed by atoms with van der Waals surface area (Å²) in [5.74, 6) is 0.197. The first-order chi connectivity index (χ1) is 16.5. The van der Waals surface area contributed by atoms with E-state index in [1.54, 1.807) is 12.3 Å². The zero-order valence-corrected chi connectivity index (χ0v) is 20.4. The third-order valence-electron chi connectivity index (χ3n) is 6.63. The molecule has 1 saturated heterocycles. The molecule has 0 radical (unpaired) electrons. The van der Waals surface area contributed by atoms with Crippen LogP contribution in [-0.2, 0) is 6.42 Å². The van der Waals surface area contributed by atoms with E-state index >= 15 is 0 Å². The van der Waals surface area contributed by atoms with E-state index < -0.39 is 0 Å². The number of nitrogens with one attached hydrogen (secondary N) is 1. The minimum Gasteiger partial charge on any atom is -0.506 e. The maximum atomic E-state index is 10.7. The van der Waals surface area contributed by atoms with Crippen LogP contribution in [0.4, 0.5) is 5.69 Å². The molecule has 1 aliphatic rings. The number of phenolic OH excluding ortho intramolecular Hbond substituents is 1. The number of thiocarbonyl (C=S) groups is 1. The van der Waals surface area contributed by atoms with Crippen LogP contribution in [0.25, 0.3) is 5.69 Å². The molecule has 1 aliphatic heterocycles. The van der Waals surface area contributed by atoms with Crippen molar-refractivity contribution in [2.75, 3.05) is 4.90 Å². The number of nitrogens with zero attached hydrogens (tertiary/aromatic N) is 3. The highest BCUT2D eigenvalue weighted by Gasteiger charge is 2.43. The van der Waals surface area contributed by atoms with Gasteiger partial charge in [-0.3, -0.25) is 4.98 Å². The topological polar surface area (TPSA) is 53.3 Å². The predicted molar refractivity (Wildman–Crippen MR) is 141 cm³/mol. The molecule has 2 N–H and O–H groups in total. The van der Waals surface area contributed by atoms with Gasteiger partial charge in [-0.15, -0.1) is 0 Å². The average molecular weight is 469 g/mol. The van der Waals surface area contributed by atoms with Crippen molar-refractivity contribution >= 4 is 23.0 Å². The zero-order chi connectivity index (χ0) is 23.8. The lowest BCUT2D eigenvalue weighted by Gasteiger charge is -2.28. The minimum absolute atomic E-state index is 0.162. The second kappa shape index (κ2) is 8.95. The summed E-state index contributed by atoms with van der Waals surface area (Å²) in [5, 5.41) is 14.8. The first-order valence-corrected chi connectivity index (χ1v) is 12.0. The summed E-state index contributed by atoms with van der Waals surface area (Å²) in [6.07, 6.45) is 2.82. The van der Waals surface area contributed by atoms with Crippen molar-refractivity contribution in [1.82, 2.24) is 14.9 Å². The van der Waals surface area contributed by atoms with E-state index in [4.69, 9.17) is 12.2 Å². The van der Waals surface area contributed by atoms with Crippen molar-refractivity contribution in [1.29, 1.82) is 0 Å². The van der Waals surface area contributed by atoms with Gasteiger partial charge in [-0.2, -0.15) is 0 Å². The quantitative estimate of drug-likeness (QED) is 0.355. The van der Waals surface area contributed by atoms with Gasteiger partial charge in [0.25, 0.3) is 0 Å². The van der Waals surface area contributed by atoms with E-state index in [9.17, 15) is 5.11 Å². The third kappa shape index (κ3) is 3.74. The van der Waals surface area contributed by atoms with Crippen LogP contribution in [-0.4, -0.2) is 19.8 Å². The van der Waals surface area contributed by atoms with E-state index in [2.05, 4.69) is 66.0 Å². The molecule has 2 unspecified atom stereocenters. The number of pyridine rings is 1. The number of anilines is 1. The molecule has 0 aliphatic carbocycles. The van der Waals surface area contributed by atoms with Gasteiger partial charge in [0.1, 0.15) is 5.75 Å². The molecule has 5 nitrogen and oxygen atoms in total. The largest absolute Gasteiger partial charge is 0.506 e. The molecule has 2 atom stereocenters. The van der Waals surface area contributed by atoms with Gasteiger partial charge >= 0.3 is 0 Å². The van der Waals surface area contributed by atoms with Crippen LogP contribution in [0.1, 0.15) is 47.2 Å². The molecular formula is C28H28N4OS. The standard InChI is InChI=1S/C28H28N4OS/c1-4-20-12-14-21(15-13-20)31-18(2)17-22(19(31)3)27-26(23-9-7-8-16-29-23)30-28(34)32(27)24-10-5-6-11-25(24)33/h5-17,26-27,33H,4H2,1-3H3,(H,30,34). The fraction of sp³-hybridized carbons (Fsp3) is 0.214. The molecular weight excluding hydrogens is 440 g/mol. The first kappa shape index (κ1) is 22.2. The highest BCUT2D eigenvalue weighted by Crippen LogP contribution is 2.45. The van der Waals surface area contributed by atoms with Crippen molar-refractivity contribution in [2.24, 2.45) is 0 Å². The van der Waals surface area contributed by atoms with E-state index in [0.29, 0.717) is 10.8 Å². The lowest BCUT2D eigenvalue weighted by atomic mass is 9.96. The van der Waals surface area contributed by atoms with Gasteiger partial charge in [0.15, 0.2) is 5.11 Å². The van der Waals surface area contributed by atoms with E-state index in [1.807, 2.05) is 41.3 Å². The maximum absolute atomic E-state index is 10.7. The second-order valence-electron chi connectivity index (χ2n) is 8.67. The smallest absolute Gasteiger partial charge is 0.174 e. The fourth-order valence-corrected chi connectivity index (χ4v) is 5.30. The highest BCUT2D eigenvalue weighted by atomic mass is 32.1. The van der Waals surface area contributed by atoms with Crippen molar-refractivity contribution in [3.63, 3.8) is 0 Å². The van der Waals surface area contributed by atoms with Crippen molar-refractivity contribution in [3.8, 4) is 11.4 Å². The lowest BCUT2D eigenvalue weighted by Crippen LogP contribution is -2.29. The summed E-state index contributed by atoms with van der Waals surface area (Å²) in [7, 11) is 0. The van der Waals surface area contributed by atoms with Gasteiger partial charge in [0, 0.05) is 23.3 Å². The molecule has 0 bridgehead atoms. The zero-order valence-electron chi connectivity index (χ0n) is 19.6. The summed E-state index contributed by atoms with van der Waals surface area (Å²) in [5.41, 5.74) is 7.47. The van der Waals surface area contributed by atoms with Gasteiger partial charge in [-0.25, -0.2) is 0 Å². The molecule has 3 heterocycles. The molecule has 2 aromatic heterocycles. The Morgan fingerprint density at radius 3 is 2.41 bits per heavy atom. The SMILES string of the molecule is CCc1ccc(-n2c(C)cc(C3C(c4ccccn4)NC(=S)N3c3ccccc3O)c2C)cc1. The number of aromatic hydroxyl groups is 1. The highest BCUT2D eigenvalue weighted by molar-refractivity contribution is 7.80. The Morgan fingerprint density at radius 2 is 1.74 bits per heavy atom. The number of para-hydroxylation sites is 2. The Hall–Kier alpha value is -3.64. The van der Waals surface area contributed by atoms with E-state index in [-0.39, 0.29) is 17.8 Å². The van der Waals surface area contributed by atoms with Crippen LogP contribution in [0.15, 0.2) is 79.0 Å². The Morgan fingerprint density at radius 1 is 1.00 bits per heavy atom. The van der Waals surface area contributed by atoms with E-state index in [1.165, 1.54) is 5.56 Å². The van der Waals surface area contributed by atoms with Crippen LogP contribution in [0.2, 0.25) is 0 Å². The van der Waals surface area contributed by atoms with Gasteiger partial charge in [-0.1, -0.05) is 37.3 Å². The number of aromatic nitrogens is 2. The number of aryl methyl sites for hydroxylation is 2. The summed E-state index contributed by atoms with van der Waals surface area (Å²) < 4.78 is 2.29. The van der Waals surface area contributed by atoms with Crippen LogP contribution in [0.5, 0.6) is 5.75 Å². The predicted octanol–water partition coefficient (Wildman–Crippen LogP) is 5.93. The average Bonchev–Trinajstić information content (AvgIpc) is 3.35. The van der Waals surface area contributed by atoms with Crippen LogP contribution >= 0.6 is 12.2 Å². The van der Waals surface area contributed by atoms with Crippen molar-refractivity contribution in [3.05, 3.63) is 107 Å². The molecule has 6 heteroatoms. The number of rotatable bonds is 5.